The number of anilines is 2. The van der Waals surface area contributed by atoms with Gasteiger partial charge in [-0.15, -0.1) is 11.6 Å². The number of aryl methyl sites for hydroxylation is 2. The molecule has 2 heterocycles. The summed E-state index contributed by atoms with van der Waals surface area (Å²) in [6, 6.07) is 21.7. The molecule has 4 aromatic rings. The number of hydrogen-bond donors (Lipinski definition) is 3. The molecule has 3 amide bonds. The van der Waals surface area contributed by atoms with Crippen molar-refractivity contribution in [3.63, 3.8) is 0 Å². The van der Waals surface area contributed by atoms with Gasteiger partial charge in [-0.3, -0.25) is 4.79 Å². The number of esters is 1. The van der Waals surface area contributed by atoms with Gasteiger partial charge >= 0.3 is 12.0 Å². The number of carbonyl (C=O) groups is 3. The van der Waals surface area contributed by atoms with Crippen molar-refractivity contribution in [2.75, 3.05) is 23.1 Å². The Morgan fingerprint density at radius 2 is 1.55 bits per heavy atom. The highest BCUT2D eigenvalue weighted by Crippen LogP contribution is 2.56. The van der Waals surface area contributed by atoms with Gasteiger partial charge in [0.15, 0.2) is 5.60 Å². The fourth-order valence-corrected chi connectivity index (χ4v) is 7.45. The van der Waals surface area contributed by atoms with E-state index in [4.69, 9.17) is 25.8 Å². The number of urea groups is 1. The Bertz CT molecular complexity index is 2010. The second kappa shape index (κ2) is 14.3. The standard InChI is InChI=1S/C41H44ClN3O6/c1-24(2)49-35-20-25(3)19-26(4)37(35)40(5,6)23-36(46)44-27-13-15-31-33(21-27)50-34-22-28(45-39(48)43-18-10-9-17-42)14-16-32(34)41(31)30-12-8-7-11-29(30)38(47)51-41/h7-8,11-16,19-22,24H,9-10,17-18,23H2,1-6H3,(H,44,46)(H2,43,45,48). The molecule has 0 bridgehead atoms. The van der Waals surface area contributed by atoms with Crippen molar-refractivity contribution in [3.8, 4) is 17.2 Å². The monoisotopic (exact) mass is 709 g/mol. The van der Waals surface area contributed by atoms with E-state index >= 15 is 0 Å². The van der Waals surface area contributed by atoms with Crippen LogP contribution in [0.2, 0.25) is 0 Å². The molecule has 1 atom stereocenters. The molecule has 0 saturated heterocycles. The molecule has 10 heteroatoms. The third kappa shape index (κ3) is 7.13. The highest BCUT2D eigenvalue weighted by Gasteiger charge is 2.53. The smallest absolute Gasteiger partial charge is 0.340 e. The lowest BCUT2D eigenvalue weighted by atomic mass is 9.77. The van der Waals surface area contributed by atoms with E-state index in [2.05, 4.69) is 22.0 Å². The Labute approximate surface area is 304 Å². The number of amides is 3. The van der Waals surface area contributed by atoms with Crippen LogP contribution in [0.3, 0.4) is 0 Å². The van der Waals surface area contributed by atoms with Gasteiger partial charge in [-0.05, 0) is 88.1 Å². The van der Waals surface area contributed by atoms with Crippen LogP contribution in [0.25, 0.3) is 0 Å². The molecule has 51 heavy (non-hydrogen) atoms. The van der Waals surface area contributed by atoms with Crippen LogP contribution in [0.15, 0.2) is 72.8 Å². The van der Waals surface area contributed by atoms with Crippen LogP contribution in [0.4, 0.5) is 16.2 Å². The number of hydrogen-bond acceptors (Lipinski definition) is 6. The number of fused-ring (bicyclic) bond motifs is 6. The number of carbonyl (C=O) groups excluding carboxylic acids is 3. The zero-order chi connectivity index (χ0) is 36.5. The normalized spacial score (nSPS) is 15.7. The molecule has 0 saturated carbocycles. The van der Waals surface area contributed by atoms with Crippen LogP contribution in [0.1, 0.15) is 90.7 Å². The molecule has 4 aromatic carbocycles. The Kier molecular flexibility index (Phi) is 10.0. The molecule has 2 aliphatic rings. The van der Waals surface area contributed by atoms with Crippen molar-refractivity contribution in [1.82, 2.24) is 5.32 Å². The SMILES string of the molecule is Cc1cc(C)c(C(C)(C)CC(=O)Nc2ccc3c(c2)Oc2cc(NC(=O)NCCCCCl)ccc2C32OC(=O)c3ccccc32)c(OC(C)C)c1. The highest BCUT2D eigenvalue weighted by molar-refractivity contribution is 6.17. The van der Waals surface area contributed by atoms with E-state index in [1.807, 2.05) is 65.8 Å². The fraction of sp³-hybridized carbons (Fsp3) is 0.341. The maximum Gasteiger partial charge on any atom is 0.340 e. The molecule has 0 radical (unpaired) electrons. The lowest BCUT2D eigenvalue weighted by Gasteiger charge is -2.37. The van der Waals surface area contributed by atoms with Gasteiger partial charge in [-0.1, -0.05) is 38.1 Å². The van der Waals surface area contributed by atoms with Gasteiger partial charge in [-0.2, -0.15) is 0 Å². The average molecular weight is 710 g/mol. The van der Waals surface area contributed by atoms with E-state index in [1.54, 1.807) is 42.5 Å². The van der Waals surface area contributed by atoms with Gasteiger partial charge in [0, 0.05) is 70.0 Å². The van der Waals surface area contributed by atoms with Crippen LogP contribution >= 0.6 is 11.6 Å². The first kappa shape index (κ1) is 35.8. The fourth-order valence-electron chi connectivity index (χ4n) is 7.27. The van der Waals surface area contributed by atoms with Crippen LogP contribution in [0.5, 0.6) is 17.2 Å². The summed E-state index contributed by atoms with van der Waals surface area (Å²) in [6.45, 7) is 12.7. The summed E-state index contributed by atoms with van der Waals surface area (Å²) in [4.78, 5) is 39.6. The topological polar surface area (TPSA) is 115 Å². The molecular weight excluding hydrogens is 666 g/mol. The molecule has 6 rings (SSSR count). The van der Waals surface area contributed by atoms with Crippen molar-refractivity contribution in [3.05, 3.63) is 112 Å². The average Bonchev–Trinajstić information content (AvgIpc) is 3.34. The van der Waals surface area contributed by atoms with Gasteiger partial charge in [-0.25, -0.2) is 9.59 Å². The quantitative estimate of drug-likeness (QED) is 0.0813. The predicted molar refractivity (Wildman–Crippen MR) is 200 cm³/mol. The number of benzene rings is 4. The summed E-state index contributed by atoms with van der Waals surface area (Å²) in [5.74, 6) is 1.51. The zero-order valence-corrected chi connectivity index (χ0v) is 30.6. The van der Waals surface area contributed by atoms with Crippen LogP contribution in [-0.4, -0.2) is 36.4 Å². The Balaban J connectivity index is 1.31. The van der Waals surface area contributed by atoms with E-state index in [9.17, 15) is 14.4 Å². The van der Waals surface area contributed by atoms with Crippen LogP contribution < -0.4 is 25.4 Å². The van der Waals surface area contributed by atoms with E-state index in [0.717, 1.165) is 35.3 Å². The van der Waals surface area contributed by atoms with Gasteiger partial charge in [0.2, 0.25) is 5.91 Å². The summed E-state index contributed by atoms with van der Waals surface area (Å²) < 4.78 is 19.0. The molecule has 3 N–H and O–H groups in total. The van der Waals surface area contributed by atoms with Crippen molar-refractivity contribution in [2.24, 2.45) is 0 Å². The molecule has 266 valence electrons. The van der Waals surface area contributed by atoms with Crippen molar-refractivity contribution in [1.29, 1.82) is 0 Å². The molecule has 1 unspecified atom stereocenters. The van der Waals surface area contributed by atoms with E-state index < -0.39 is 17.0 Å². The van der Waals surface area contributed by atoms with Gasteiger partial charge < -0.3 is 30.2 Å². The van der Waals surface area contributed by atoms with Crippen LogP contribution in [-0.2, 0) is 20.5 Å². The number of alkyl halides is 1. The Morgan fingerprint density at radius 1 is 0.882 bits per heavy atom. The molecule has 0 fully saturated rings. The lowest BCUT2D eigenvalue weighted by molar-refractivity contribution is -0.117. The second-order valence-electron chi connectivity index (χ2n) is 14.1. The number of halogens is 1. The Morgan fingerprint density at radius 3 is 2.22 bits per heavy atom. The summed E-state index contributed by atoms with van der Waals surface area (Å²) in [7, 11) is 0. The number of ether oxygens (including phenoxy) is 3. The first-order valence-corrected chi connectivity index (χ1v) is 17.8. The third-order valence-corrected chi connectivity index (χ3v) is 9.45. The molecule has 9 nitrogen and oxygen atoms in total. The minimum absolute atomic E-state index is 0.0140. The lowest BCUT2D eigenvalue weighted by Crippen LogP contribution is -2.33. The third-order valence-electron chi connectivity index (χ3n) is 9.19. The number of rotatable bonds is 11. The maximum atomic E-state index is 13.7. The van der Waals surface area contributed by atoms with Crippen LogP contribution in [0, 0.1) is 13.8 Å². The largest absolute Gasteiger partial charge is 0.491 e. The minimum Gasteiger partial charge on any atom is -0.491 e. The Hall–Kier alpha value is -5.02. The predicted octanol–water partition coefficient (Wildman–Crippen LogP) is 9.11. The summed E-state index contributed by atoms with van der Waals surface area (Å²) in [6.07, 6.45) is 1.75. The molecule has 0 aliphatic carbocycles. The maximum absolute atomic E-state index is 13.7. The van der Waals surface area contributed by atoms with Crippen molar-refractivity contribution < 1.29 is 28.6 Å². The van der Waals surface area contributed by atoms with Gasteiger partial charge in [0.25, 0.3) is 0 Å². The number of nitrogens with one attached hydrogen (secondary N) is 3. The molecule has 1 spiro atoms. The van der Waals surface area contributed by atoms with E-state index in [-0.39, 0.29) is 24.5 Å². The first-order chi connectivity index (χ1) is 24.3. The van der Waals surface area contributed by atoms with Gasteiger partial charge in [0.1, 0.15) is 17.2 Å². The van der Waals surface area contributed by atoms with E-state index in [0.29, 0.717) is 57.6 Å². The molecular formula is C41H44ClN3O6. The minimum atomic E-state index is -1.29. The summed E-state index contributed by atoms with van der Waals surface area (Å²) >= 11 is 5.75. The first-order valence-electron chi connectivity index (χ1n) is 17.3. The zero-order valence-electron chi connectivity index (χ0n) is 29.9. The second-order valence-corrected chi connectivity index (χ2v) is 14.5. The summed E-state index contributed by atoms with van der Waals surface area (Å²) in [5, 5.41) is 8.75. The van der Waals surface area contributed by atoms with Gasteiger partial charge in [0.05, 0.1) is 11.7 Å². The van der Waals surface area contributed by atoms with E-state index in [1.165, 1.54) is 0 Å². The molecule has 0 aromatic heterocycles. The number of unbranched alkanes of at least 4 members (excludes halogenated alkanes) is 1. The van der Waals surface area contributed by atoms with Crippen molar-refractivity contribution in [2.45, 2.75) is 77.9 Å². The summed E-state index contributed by atoms with van der Waals surface area (Å²) in [5.41, 5.74) is 4.74. The molecule has 2 aliphatic heterocycles. The van der Waals surface area contributed by atoms with Crippen molar-refractivity contribution >= 4 is 40.9 Å². The highest BCUT2D eigenvalue weighted by atomic mass is 35.5.